The number of phenolic OH excluding ortho intramolecular Hbond substituents is 1. The highest BCUT2D eigenvalue weighted by atomic mass is 16.3. The van der Waals surface area contributed by atoms with Crippen molar-refractivity contribution in [1.82, 2.24) is 0 Å². The van der Waals surface area contributed by atoms with E-state index >= 15 is 0 Å². The number of aliphatic hydroxyl groups excluding tert-OH is 1. The predicted octanol–water partition coefficient (Wildman–Crippen LogP) is 3.06. The first-order chi connectivity index (χ1) is 8.66. The Hall–Kier alpha value is -2.00. The Balaban J connectivity index is 2.11. The lowest BCUT2D eigenvalue weighted by Gasteiger charge is -2.14. The second-order valence-electron chi connectivity index (χ2n) is 4.29. The van der Waals surface area contributed by atoms with Crippen molar-refractivity contribution in [2.75, 3.05) is 5.32 Å². The fourth-order valence-electron chi connectivity index (χ4n) is 1.89. The summed E-state index contributed by atoms with van der Waals surface area (Å²) in [6, 6.07) is 14.8. The third kappa shape index (κ3) is 3.02. The Bertz CT molecular complexity index is 523. The Morgan fingerprint density at radius 3 is 2.61 bits per heavy atom. The monoisotopic (exact) mass is 243 g/mol. The van der Waals surface area contributed by atoms with Crippen LogP contribution >= 0.6 is 0 Å². The van der Waals surface area contributed by atoms with Crippen molar-refractivity contribution in [3.63, 3.8) is 0 Å². The SMILES string of the molecule is CC(O)c1ccccc1NCc1cccc(O)c1. The van der Waals surface area contributed by atoms with Gasteiger partial charge in [0, 0.05) is 17.8 Å². The molecule has 0 aliphatic heterocycles. The fourth-order valence-corrected chi connectivity index (χ4v) is 1.89. The van der Waals surface area contributed by atoms with Crippen LogP contribution in [0.25, 0.3) is 0 Å². The molecule has 0 aliphatic rings. The number of nitrogens with one attached hydrogen (secondary N) is 1. The van der Waals surface area contributed by atoms with E-state index in [-0.39, 0.29) is 5.75 Å². The molecule has 0 fully saturated rings. The molecular formula is C15H17NO2. The van der Waals surface area contributed by atoms with Gasteiger partial charge in [-0.05, 0) is 30.7 Å². The van der Waals surface area contributed by atoms with E-state index in [0.29, 0.717) is 6.54 Å². The summed E-state index contributed by atoms with van der Waals surface area (Å²) in [5, 5.41) is 22.3. The van der Waals surface area contributed by atoms with E-state index in [0.717, 1.165) is 16.8 Å². The van der Waals surface area contributed by atoms with E-state index in [1.165, 1.54) is 0 Å². The summed E-state index contributed by atoms with van der Waals surface area (Å²) in [7, 11) is 0. The molecule has 2 aromatic rings. The van der Waals surface area contributed by atoms with E-state index in [4.69, 9.17) is 0 Å². The van der Waals surface area contributed by atoms with Gasteiger partial charge >= 0.3 is 0 Å². The second kappa shape index (κ2) is 5.56. The first-order valence-corrected chi connectivity index (χ1v) is 5.95. The average molecular weight is 243 g/mol. The van der Waals surface area contributed by atoms with Gasteiger partial charge in [0.05, 0.1) is 6.10 Å². The molecule has 0 bridgehead atoms. The van der Waals surface area contributed by atoms with Crippen molar-refractivity contribution in [3.8, 4) is 5.75 Å². The van der Waals surface area contributed by atoms with Gasteiger partial charge in [-0.2, -0.15) is 0 Å². The molecule has 2 aromatic carbocycles. The van der Waals surface area contributed by atoms with Crippen molar-refractivity contribution in [3.05, 3.63) is 59.7 Å². The first-order valence-electron chi connectivity index (χ1n) is 5.95. The minimum absolute atomic E-state index is 0.262. The smallest absolute Gasteiger partial charge is 0.115 e. The summed E-state index contributed by atoms with van der Waals surface area (Å²) >= 11 is 0. The molecule has 0 amide bonds. The number of aromatic hydroxyl groups is 1. The molecule has 0 aromatic heterocycles. The summed E-state index contributed by atoms with van der Waals surface area (Å²) in [6.07, 6.45) is -0.502. The minimum atomic E-state index is -0.502. The van der Waals surface area contributed by atoms with Gasteiger partial charge < -0.3 is 15.5 Å². The summed E-state index contributed by atoms with van der Waals surface area (Å²) in [6.45, 7) is 2.35. The van der Waals surface area contributed by atoms with Crippen LogP contribution in [0.5, 0.6) is 5.75 Å². The van der Waals surface area contributed by atoms with E-state index < -0.39 is 6.10 Å². The molecule has 0 heterocycles. The molecule has 3 N–H and O–H groups in total. The van der Waals surface area contributed by atoms with Gasteiger partial charge in [-0.15, -0.1) is 0 Å². The predicted molar refractivity (Wildman–Crippen MR) is 72.5 cm³/mol. The van der Waals surface area contributed by atoms with Crippen LogP contribution in [0.3, 0.4) is 0 Å². The van der Waals surface area contributed by atoms with Crippen molar-refractivity contribution < 1.29 is 10.2 Å². The number of anilines is 1. The minimum Gasteiger partial charge on any atom is -0.508 e. The lowest BCUT2D eigenvalue weighted by Crippen LogP contribution is -2.04. The van der Waals surface area contributed by atoms with Gasteiger partial charge in [-0.1, -0.05) is 30.3 Å². The molecule has 0 radical (unpaired) electrons. The Kier molecular flexibility index (Phi) is 3.85. The van der Waals surface area contributed by atoms with Crippen LogP contribution in [0.2, 0.25) is 0 Å². The number of para-hydroxylation sites is 1. The van der Waals surface area contributed by atoms with Crippen molar-refractivity contribution >= 4 is 5.69 Å². The van der Waals surface area contributed by atoms with Crippen molar-refractivity contribution in [2.45, 2.75) is 19.6 Å². The molecular weight excluding hydrogens is 226 g/mol. The third-order valence-corrected chi connectivity index (χ3v) is 2.80. The maximum absolute atomic E-state index is 9.67. The summed E-state index contributed by atoms with van der Waals surface area (Å²) in [5.74, 6) is 0.262. The Morgan fingerprint density at radius 2 is 1.89 bits per heavy atom. The molecule has 0 saturated carbocycles. The van der Waals surface area contributed by atoms with Crippen LogP contribution in [0.15, 0.2) is 48.5 Å². The highest BCUT2D eigenvalue weighted by molar-refractivity contribution is 5.52. The number of benzene rings is 2. The second-order valence-corrected chi connectivity index (χ2v) is 4.29. The van der Waals surface area contributed by atoms with E-state index in [1.807, 2.05) is 36.4 Å². The number of phenols is 1. The van der Waals surface area contributed by atoms with Crippen LogP contribution in [0, 0.1) is 0 Å². The molecule has 18 heavy (non-hydrogen) atoms. The van der Waals surface area contributed by atoms with E-state index in [1.54, 1.807) is 19.1 Å². The normalized spacial score (nSPS) is 12.1. The van der Waals surface area contributed by atoms with Crippen LogP contribution in [-0.2, 0) is 6.54 Å². The van der Waals surface area contributed by atoms with Crippen molar-refractivity contribution in [1.29, 1.82) is 0 Å². The van der Waals surface area contributed by atoms with Gasteiger partial charge in [-0.25, -0.2) is 0 Å². The Morgan fingerprint density at radius 1 is 1.11 bits per heavy atom. The van der Waals surface area contributed by atoms with Crippen molar-refractivity contribution in [2.24, 2.45) is 0 Å². The summed E-state index contributed by atoms with van der Waals surface area (Å²) in [4.78, 5) is 0. The summed E-state index contributed by atoms with van der Waals surface area (Å²) in [5.41, 5.74) is 2.78. The molecule has 1 atom stereocenters. The quantitative estimate of drug-likeness (QED) is 0.773. The lowest BCUT2D eigenvalue weighted by molar-refractivity contribution is 0.200. The van der Waals surface area contributed by atoms with E-state index in [2.05, 4.69) is 5.32 Å². The largest absolute Gasteiger partial charge is 0.508 e. The third-order valence-electron chi connectivity index (χ3n) is 2.80. The fraction of sp³-hybridized carbons (Fsp3) is 0.200. The Labute approximate surface area is 107 Å². The van der Waals surface area contributed by atoms with Gasteiger partial charge in [0.25, 0.3) is 0 Å². The maximum Gasteiger partial charge on any atom is 0.115 e. The molecule has 0 saturated heterocycles. The average Bonchev–Trinajstić information content (AvgIpc) is 2.37. The van der Waals surface area contributed by atoms with Crippen LogP contribution in [0.1, 0.15) is 24.2 Å². The molecule has 2 rings (SSSR count). The molecule has 94 valence electrons. The molecule has 0 spiro atoms. The maximum atomic E-state index is 9.67. The zero-order chi connectivity index (χ0) is 13.0. The number of hydrogen-bond donors (Lipinski definition) is 3. The zero-order valence-electron chi connectivity index (χ0n) is 10.3. The van der Waals surface area contributed by atoms with Crippen LogP contribution < -0.4 is 5.32 Å². The number of rotatable bonds is 4. The molecule has 1 unspecified atom stereocenters. The highest BCUT2D eigenvalue weighted by Crippen LogP contribution is 2.23. The van der Waals surface area contributed by atoms with Gasteiger partial charge in [0.2, 0.25) is 0 Å². The van der Waals surface area contributed by atoms with Gasteiger partial charge in [0.1, 0.15) is 5.75 Å². The van der Waals surface area contributed by atoms with Gasteiger partial charge in [0.15, 0.2) is 0 Å². The zero-order valence-corrected chi connectivity index (χ0v) is 10.3. The molecule has 3 heteroatoms. The number of aliphatic hydroxyl groups is 1. The lowest BCUT2D eigenvalue weighted by atomic mass is 10.1. The van der Waals surface area contributed by atoms with Crippen LogP contribution in [0.4, 0.5) is 5.69 Å². The highest BCUT2D eigenvalue weighted by Gasteiger charge is 2.06. The standard InChI is InChI=1S/C15H17NO2/c1-11(17)14-7-2-3-8-15(14)16-10-12-5-4-6-13(18)9-12/h2-9,11,16-18H,10H2,1H3. The number of hydrogen-bond acceptors (Lipinski definition) is 3. The summed E-state index contributed by atoms with van der Waals surface area (Å²) < 4.78 is 0. The first kappa shape index (κ1) is 12.5. The molecule has 0 aliphatic carbocycles. The van der Waals surface area contributed by atoms with Gasteiger partial charge in [-0.3, -0.25) is 0 Å². The molecule has 3 nitrogen and oxygen atoms in total. The van der Waals surface area contributed by atoms with Crippen LogP contribution in [-0.4, -0.2) is 10.2 Å². The van der Waals surface area contributed by atoms with E-state index in [9.17, 15) is 10.2 Å². The topological polar surface area (TPSA) is 52.5 Å².